The smallest absolute Gasteiger partial charge is 0.215 e. The number of oxime groups is 1. The molecule has 0 saturated heterocycles. The molecule has 0 aliphatic carbocycles. The number of sulfonamides is 1. The van der Waals surface area contributed by atoms with Crippen LogP contribution in [-0.2, 0) is 20.6 Å². The summed E-state index contributed by atoms with van der Waals surface area (Å²) < 4.78 is 26.6. The first-order valence-electron chi connectivity index (χ1n) is 9.21. The first-order chi connectivity index (χ1) is 14.3. The number of aryl methyl sites for hydroxylation is 1. The Morgan fingerprint density at radius 1 is 1.20 bits per heavy atom. The van der Waals surface area contributed by atoms with Gasteiger partial charge in [-0.25, -0.2) is 18.1 Å². The number of aromatic nitrogens is 4. The lowest BCUT2D eigenvalue weighted by Gasteiger charge is -2.10. The standard InChI is InChI=1S/C19H23N7O3S/c1-4-29-25-18(20)16-11-10-15(12-30(27,28)21-3)19(22-16)26-23-13(2)17(24-26)14-8-6-5-7-9-14/h5-11,21H,4,12H2,1-3H3,(H2,20,25). The van der Waals surface area contributed by atoms with Crippen LogP contribution in [0.4, 0.5) is 0 Å². The number of benzene rings is 1. The molecule has 11 heteroatoms. The van der Waals surface area contributed by atoms with E-state index in [1.54, 1.807) is 19.1 Å². The summed E-state index contributed by atoms with van der Waals surface area (Å²) in [5, 5.41) is 12.8. The van der Waals surface area contributed by atoms with Gasteiger partial charge in [0, 0.05) is 11.1 Å². The summed E-state index contributed by atoms with van der Waals surface area (Å²) in [4.78, 5) is 10.8. The molecule has 2 aromatic heterocycles. The molecule has 30 heavy (non-hydrogen) atoms. The van der Waals surface area contributed by atoms with E-state index in [1.165, 1.54) is 11.8 Å². The van der Waals surface area contributed by atoms with E-state index in [0.29, 0.717) is 29.3 Å². The first kappa shape index (κ1) is 21.4. The molecule has 0 aliphatic heterocycles. The topological polar surface area (TPSA) is 137 Å². The van der Waals surface area contributed by atoms with E-state index in [4.69, 9.17) is 10.6 Å². The Balaban J connectivity index is 2.13. The van der Waals surface area contributed by atoms with Crippen LogP contribution in [0.2, 0.25) is 0 Å². The van der Waals surface area contributed by atoms with E-state index in [1.807, 2.05) is 37.3 Å². The highest BCUT2D eigenvalue weighted by Gasteiger charge is 2.19. The molecule has 0 saturated carbocycles. The maximum atomic E-state index is 12.1. The summed E-state index contributed by atoms with van der Waals surface area (Å²) in [7, 11) is -2.20. The molecule has 10 nitrogen and oxygen atoms in total. The van der Waals surface area contributed by atoms with Crippen molar-refractivity contribution in [2.24, 2.45) is 10.9 Å². The van der Waals surface area contributed by atoms with Crippen molar-refractivity contribution < 1.29 is 13.3 Å². The van der Waals surface area contributed by atoms with Crippen LogP contribution in [-0.4, -0.2) is 47.9 Å². The van der Waals surface area contributed by atoms with Crippen molar-refractivity contribution in [2.75, 3.05) is 13.7 Å². The van der Waals surface area contributed by atoms with Gasteiger partial charge >= 0.3 is 0 Å². The molecular weight excluding hydrogens is 406 g/mol. The largest absolute Gasteiger partial charge is 0.394 e. The maximum absolute atomic E-state index is 12.1. The summed E-state index contributed by atoms with van der Waals surface area (Å²) in [6, 6.07) is 12.8. The summed E-state index contributed by atoms with van der Waals surface area (Å²) in [6.45, 7) is 3.96. The van der Waals surface area contributed by atoms with Gasteiger partial charge in [0.15, 0.2) is 11.7 Å². The van der Waals surface area contributed by atoms with Crippen molar-refractivity contribution in [1.29, 1.82) is 0 Å². The molecule has 3 N–H and O–H groups in total. The highest BCUT2D eigenvalue weighted by molar-refractivity contribution is 7.88. The van der Waals surface area contributed by atoms with Crippen LogP contribution in [0.3, 0.4) is 0 Å². The minimum absolute atomic E-state index is 0.0632. The van der Waals surface area contributed by atoms with Gasteiger partial charge in [-0.2, -0.15) is 5.10 Å². The van der Waals surface area contributed by atoms with Crippen molar-refractivity contribution >= 4 is 15.9 Å². The Morgan fingerprint density at radius 3 is 2.60 bits per heavy atom. The highest BCUT2D eigenvalue weighted by atomic mass is 32.2. The summed E-state index contributed by atoms with van der Waals surface area (Å²) in [6.07, 6.45) is 0. The summed E-state index contributed by atoms with van der Waals surface area (Å²) in [5.41, 5.74) is 8.90. The van der Waals surface area contributed by atoms with Gasteiger partial charge < -0.3 is 10.6 Å². The molecule has 158 valence electrons. The Hall–Kier alpha value is -3.31. The number of hydrogen-bond donors (Lipinski definition) is 2. The van der Waals surface area contributed by atoms with E-state index >= 15 is 0 Å². The van der Waals surface area contributed by atoms with Gasteiger partial charge in [0.05, 0.1) is 11.4 Å². The molecule has 0 unspecified atom stereocenters. The van der Waals surface area contributed by atoms with Crippen LogP contribution in [0, 0.1) is 6.92 Å². The van der Waals surface area contributed by atoms with Crippen molar-refractivity contribution in [3.63, 3.8) is 0 Å². The van der Waals surface area contributed by atoms with E-state index in [2.05, 4.69) is 25.1 Å². The van der Waals surface area contributed by atoms with Crippen LogP contribution >= 0.6 is 0 Å². The predicted octanol–water partition coefficient (Wildman–Crippen LogP) is 1.34. The molecule has 0 radical (unpaired) electrons. The number of nitrogens with two attached hydrogens (primary N) is 1. The molecule has 0 fully saturated rings. The average Bonchev–Trinajstić information content (AvgIpc) is 3.14. The van der Waals surface area contributed by atoms with Crippen LogP contribution in [0.1, 0.15) is 23.9 Å². The van der Waals surface area contributed by atoms with E-state index in [0.717, 1.165) is 5.56 Å². The summed E-state index contributed by atoms with van der Waals surface area (Å²) >= 11 is 0. The quantitative estimate of drug-likeness (QED) is 0.313. The van der Waals surface area contributed by atoms with Crippen molar-refractivity contribution in [3.8, 4) is 17.1 Å². The molecule has 0 amide bonds. The van der Waals surface area contributed by atoms with Gasteiger partial charge in [-0.15, -0.1) is 9.90 Å². The molecular formula is C19H23N7O3S. The van der Waals surface area contributed by atoms with E-state index in [9.17, 15) is 8.42 Å². The first-order valence-corrected chi connectivity index (χ1v) is 10.9. The second kappa shape index (κ2) is 9.01. The van der Waals surface area contributed by atoms with Crippen LogP contribution in [0.5, 0.6) is 0 Å². The van der Waals surface area contributed by atoms with Crippen molar-refractivity contribution in [3.05, 3.63) is 59.4 Å². The van der Waals surface area contributed by atoms with E-state index in [-0.39, 0.29) is 17.4 Å². The summed E-state index contributed by atoms with van der Waals surface area (Å²) in [5.74, 6) is 0.00937. The molecule has 3 rings (SSSR count). The third-order valence-electron chi connectivity index (χ3n) is 4.19. The Labute approximate surface area is 174 Å². The van der Waals surface area contributed by atoms with Crippen LogP contribution < -0.4 is 10.5 Å². The van der Waals surface area contributed by atoms with Gasteiger partial charge in [0.1, 0.15) is 18.0 Å². The highest BCUT2D eigenvalue weighted by Crippen LogP contribution is 2.22. The van der Waals surface area contributed by atoms with Gasteiger partial charge in [0.2, 0.25) is 10.0 Å². The van der Waals surface area contributed by atoms with E-state index < -0.39 is 10.0 Å². The fourth-order valence-electron chi connectivity index (χ4n) is 2.70. The predicted molar refractivity (Wildman–Crippen MR) is 113 cm³/mol. The SMILES string of the molecule is CCO/N=C(\N)c1ccc(CS(=O)(=O)NC)c(-n2nc(C)c(-c3ccccc3)n2)n1. The fourth-order valence-corrected chi connectivity index (χ4v) is 3.48. The zero-order chi connectivity index (χ0) is 21.7. The third kappa shape index (κ3) is 4.81. The molecule has 2 heterocycles. The molecule has 0 aliphatic rings. The number of nitrogens with one attached hydrogen (secondary N) is 1. The number of amidine groups is 1. The number of hydrogen-bond acceptors (Lipinski definition) is 7. The normalized spacial score (nSPS) is 12.2. The van der Waals surface area contributed by atoms with Crippen LogP contribution in [0.15, 0.2) is 47.6 Å². The maximum Gasteiger partial charge on any atom is 0.215 e. The molecule has 3 aromatic rings. The van der Waals surface area contributed by atoms with Crippen molar-refractivity contribution in [2.45, 2.75) is 19.6 Å². The lowest BCUT2D eigenvalue weighted by atomic mass is 10.1. The zero-order valence-corrected chi connectivity index (χ0v) is 17.7. The van der Waals surface area contributed by atoms with Gasteiger partial charge in [-0.1, -0.05) is 41.6 Å². The lowest BCUT2D eigenvalue weighted by Crippen LogP contribution is -2.23. The molecule has 0 bridgehead atoms. The average molecular weight is 430 g/mol. The van der Waals surface area contributed by atoms with Crippen molar-refractivity contribution in [1.82, 2.24) is 24.7 Å². The van der Waals surface area contributed by atoms with Gasteiger partial charge in [0.25, 0.3) is 0 Å². The Morgan fingerprint density at radius 2 is 1.93 bits per heavy atom. The monoisotopic (exact) mass is 429 g/mol. The molecule has 1 aromatic carbocycles. The number of pyridine rings is 1. The third-order valence-corrected chi connectivity index (χ3v) is 5.50. The molecule has 0 spiro atoms. The van der Waals surface area contributed by atoms with Gasteiger partial charge in [-0.3, -0.25) is 0 Å². The Kier molecular flexibility index (Phi) is 6.43. The fraction of sp³-hybridized carbons (Fsp3) is 0.263. The second-order valence-electron chi connectivity index (χ2n) is 6.33. The second-order valence-corrected chi connectivity index (χ2v) is 8.25. The Bertz CT molecular complexity index is 1160. The lowest BCUT2D eigenvalue weighted by molar-refractivity contribution is 0.158. The minimum Gasteiger partial charge on any atom is -0.394 e. The van der Waals surface area contributed by atoms with Gasteiger partial charge in [-0.05, 0) is 27.0 Å². The number of rotatable bonds is 8. The minimum atomic E-state index is -3.55. The zero-order valence-electron chi connectivity index (χ0n) is 16.9. The number of nitrogens with zero attached hydrogens (tertiary/aromatic N) is 5. The molecule has 0 atom stereocenters. The van der Waals surface area contributed by atoms with Crippen LogP contribution in [0.25, 0.3) is 17.1 Å².